The maximum Gasteiger partial charge on any atom is 0.248 e. The van der Waals surface area contributed by atoms with E-state index in [1.54, 1.807) is 24.3 Å². The quantitative estimate of drug-likeness (QED) is 0.830. The first-order valence-electron chi connectivity index (χ1n) is 6.04. The van der Waals surface area contributed by atoms with Crippen molar-refractivity contribution in [2.45, 2.75) is 0 Å². The molecule has 2 amide bonds. The van der Waals surface area contributed by atoms with E-state index in [9.17, 15) is 9.59 Å². The molecule has 0 aliphatic carbocycles. The van der Waals surface area contributed by atoms with Gasteiger partial charge >= 0.3 is 0 Å². The number of carbonyl (C=O) groups is 2. The second-order valence-corrected chi connectivity index (χ2v) is 4.31. The van der Waals surface area contributed by atoms with Gasteiger partial charge in [0.15, 0.2) is 0 Å². The van der Waals surface area contributed by atoms with Crippen LogP contribution >= 0.6 is 0 Å². The van der Waals surface area contributed by atoms with Gasteiger partial charge in [0.2, 0.25) is 11.8 Å². The van der Waals surface area contributed by atoms with Crippen LogP contribution in [0.15, 0.2) is 48.5 Å². The van der Waals surface area contributed by atoms with E-state index in [-0.39, 0.29) is 0 Å². The third kappa shape index (κ3) is 3.32. The second-order valence-electron chi connectivity index (χ2n) is 4.31. The maximum absolute atomic E-state index is 10.9. The van der Waals surface area contributed by atoms with Crippen LogP contribution in [0, 0.1) is 0 Å². The van der Waals surface area contributed by atoms with E-state index < -0.39 is 11.8 Å². The summed E-state index contributed by atoms with van der Waals surface area (Å²) >= 11 is 0. The molecule has 0 fully saturated rings. The van der Waals surface area contributed by atoms with Crippen LogP contribution in [0.5, 0.6) is 0 Å². The van der Waals surface area contributed by atoms with Crippen molar-refractivity contribution in [1.29, 1.82) is 0 Å². The molecule has 0 unspecified atom stereocenters. The van der Waals surface area contributed by atoms with Crippen molar-refractivity contribution in [2.24, 2.45) is 11.5 Å². The van der Waals surface area contributed by atoms with Crippen molar-refractivity contribution >= 4 is 24.0 Å². The fraction of sp³-hybridized carbons (Fsp3) is 0. The molecule has 2 rings (SSSR count). The Morgan fingerprint density at radius 2 is 0.950 bits per heavy atom. The zero-order valence-electron chi connectivity index (χ0n) is 10.7. The van der Waals surface area contributed by atoms with Crippen molar-refractivity contribution in [3.05, 3.63) is 70.8 Å². The Kier molecular flexibility index (Phi) is 3.96. The number of hydrogen-bond acceptors (Lipinski definition) is 2. The van der Waals surface area contributed by atoms with E-state index >= 15 is 0 Å². The molecule has 4 N–H and O–H groups in total. The van der Waals surface area contributed by atoms with Gasteiger partial charge in [0.05, 0.1) is 0 Å². The normalized spacial score (nSPS) is 10.6. The molecule has 0 saturated heterocycles. The third-order valence-corrected chi connectivity index (χ3v) is 2.86. The van der Waals surface area contributed by atoms with E-state index in [1.165, 1.54) is 0 Å². The lowest BCUT2D eigenvalue weighted by Crippen LogP contribution is -2.10. The Balaban J connectivity index is 2.12. The van der Waals surface area contributed by atoms with Crippen molar-refractivity contribution in [2.75, 3.05) is 0 Å². The molecular weight excluding hydrogens is 252 g/mol. The number of primary amides is 2. The molecule has 0 aliphatic heterocycles. The van der Waals surface area contributed by atoms with E-state index in [1.807, 2.05) is 36.4 Å². The van der Waals surface area contributed by atoms with Crippen LogP contribution in [0.4, 0.5) is 0 Å². The first kappa shape index (κ1) is 13.5. The summed E-state index contributed by atoms with van der Waals surface area (Å²) in [6, 6.07) is 14.0. The molecule has 0 saturated carbocycles. The lowest BCUT2D eigenvalue weighted by Gasteiger charge is -1.98. The summed E-state index contributed by atoms with van der Waals surface area (Å²) in [7, 11) is 0. The average Bonchev–Trinajstić information content (AvgIpc) is 2.46. The molecule has 0 atom stereocenters. The largest absolute Gasteiger partial charge is 0.366 e. The summed E-state index contributed by atoms with van der Waals surface area (Å²) in [5, 5.41) is 0. The molecule has 0 aromatic heterocycles. The lowest BCUT2D eigenvalue weighted by atomic mass is 10.1. The summed E-state index contributed by atoms with van der Waals surface area (Å²) in [5.74, 6) is -0.884. The number of rotatable bonds is 4. The smallest absolute Gasteiger partial charge is 0.248 e. The molecule has 0 heterocycles. The average molecular weight is 266 g/mol. The van der Waals surface area contributed by atoms with Gasteiger partial charge in [0, 0.05) is 11.1 Å². The van der Waals surface area contributed by atoms with Gasteiger partial charge in [-0.25, -0.2) is 0 Å². The van der Waals surface area contributed by atoms with Crippen molar-refractivity contribution < 1.29 is 9.59 Å². The van der Waals surface area contributed by atoms with Crippen LogP contribution < -0.4 is 11.5 Å². The molecular formula is C16H14N2O2. The molecule has 4 heteroatoms. The summed E-state index contributed by atoms with van der Waals surface area (Å²) in [6.45, 7) is 0. The fourth-order valence-corrected chi connectivity index (χ4v) is 1.71. The Labute approximate surface area is 116 Å². The molecule has 0 radical (unpaired) electrons. The number of nitrogens with two attached hydrogens (primary N) is 2. The minimum absolute atomic E-state index is 0.442. The molecule has 0 aliphatic rings. The minimum atomic E-state index is -0.442. The van der Waals surface area contributed by atoms with Crippen LogP contribution in [0.25, 0.3) is 12.2 Å². The first-order valence-corrected chi connectivity index (χ1v) is 6.04. The third-order valence-electron chi connectivity index (χ3n) is 2.86. The van der Waals surface area contributed by atoms with Crippen LogP contribution in [0.3, 0.4) is 0 Å². The SMILES string of the molecule is NC(=O)c1ccc(/C=C/c2ccc(C(N)=O)cc2)cc1. The van der Waals surface area contributed by atoms with Crippen LogP contribution in [-0.4, -0.2) is 11.8 Å². The Hall–Kier alpha value is -2.88. The van der Waals surface area contributed by atoms with Gasteiger partial charge in [-0.1, -0.05) is 36.4 Å². The second kappa shape index (κ2) is 5.84. The molecule has 0 spiro atoms. The highest BCUT2D eigenvalue weighted by molar-refractivity contribution is 5.93. The summed E-state index contributed by atoms with van der Waals surface area (Å²) < 4.78 is 0. The van der Waals surface area contributed by atoms with Crippen molar-refractivity contribution in [1.82, 2.24) is 0 Å². The molecule has 100 valence electrons. The first-order chi connectivity index (χ1) is 9.56. The molecule has 20 heavy (non-hydrogen) atoms. The summed E-state index contributed by atoms with van der Waals surface area (Å²) in [6.07, 6.45) is 3.81. The van der Waals surface area contributed by atoms with Gasteiger partial charge in [0.1, 0.15) is 0 Å². The highest BCUT2D eigenvalue weighted by atomic mass is 16.1. The minimum Gasteiger partial charge on any atom is -0.366 e. The van der Waals surface area contributed by atoms with E-state index in [4.69, 9.17) is 11.5 Å². The van der Waals surface area contributed by atoms with Gasteiger partial charge in [-0.2, -0.15) is 0 Å². The standard InChI is InChI=1S/C16H14N2O2/c17-15(19)13-7-3-11(4-8-13)1-2-12-5-9-14(10-6-12)16(18)20/h1-10H,(H2,17,19)(H2,18,20)/b2-1+. The number of benzene rings is 2. The summed E-state index contributed by atoms with van der Waals surface area (Å²) in [4.78, 5) is 21.9. The van der Waals surface area contributed by atoms with E-state index in [0.717, 1.165) is 11.1 Å². The highest BCUT2D eigenvalue weighted by Crippen LogP contribution is 2.10. The monoisotopic (exact) mass is 266 g/mol. The highest BCUT2D eigenvalue weighted by Gasteiger charge is 1.99. The molecule has 4 nitrogen and oxygen atoms in total. The zero-order chi connectivity index (χ0) is 14.5. The Bertz CT molecular complexity index is 596. The Morgan fingerprint density at radius 3 is 1.20 bits per heavy atom. The van der Waals surface area contributed by atoms with Crippen LogP contribution in [0.2, 0.25) is 0 Å². The fourth-order valence-electron chi connectivity index (χ4n) is 1.71. The van der Waals surface area contributed by atoms with Gasteiger partial charge in [-0.15, -0.1) is 0 Å². The number of hydrogen-bond donors (Lipinski definition) is 2. The van der Waals surface area contributed by atoms with E-state index in [2.05, 4.69) is 0 Å². The van der Waals surface area contributed by atoms with Crippen molar-refractivity contribution in [3.63, 3.8) is 0 Å². The predicted octanol–water partition coefficient (Wildman–Crippen LogP) is 2.05. The van der Waals surface area contributed by atoms with Crippen LogP contribution in [-0.2, 0) is 0 Å². The topological polar surface area (TPSA) is 86.2 Å². The molecule has 2 aromatic rings. The predicted molar refractivity (Wildman–Crippen MR) is 78.8 cm³/mol. The van der Waals surface area contributed by atoms with E-state index in [0.29, 0.717) is 11.1 Å². The molecule has 0 bridgehead atoms. The maximum atomic E-state index is 10.9. The van der Waals surface area contributed by atoms with Gasteiger partial charge in [-0.05, 0) is 35.4 Å². The zero-order valence-corrected chi connectivity index (χ0v) is 10.7. The van der Waals surface area contributed by atoms with Gasteiger partial charge in [0.25, 0.3) is 0 Å². The van der Waals surface area contributed by atoms with Gasteiger partial charge < -0.3 is 11.5 Å². The molecule has 2 aromatic carbocycles. The number of amides is 2. The van der Waals surface area contributed by atoms with Crippen LogP contribution in [0.1, 0.15) is 31.8 Å². The number of carbonyl (C=O) groups excluding carboxylic acids is 2. The lowest BCUT2D eigenvalue weighted by molar-refractivity contribution is 0.0992. The summed E-state index contributed by atoms with van der Waals surface area (Å²) in [5.41, 5.74) is 13.2. The van der Waals surface area contributed by atoms with Gasteiger partial charge in [-0.3, -0.25) is 9.59 Å². The van der Waals surface area contributed by atoms with Crippen molar-refractivity contribution in [3.8, 4) is 0 Å². The Morgan fingerprint density at radius 1 is 0.650 bits per heavy atom.